The summed E-state index contributed by atoms with van der Waals surface area (Å²) in [4.78, 5) is 0. The van der Waals surface area contributed by atoms with Crippen molar-refractivity contribution in [3.63, 3.8) is 0 Å². The number of hydrazine groups is 1. The molecule has 88 valence electrons. The average molecular weight is 210 g/mol. The zero-order valence-electron chi connectivity index (χ0n) is 11.3. The first-order chi connectivity index (χ1) is 6.59. The van der Waals surface area contributed by atoms with E-state index in [0.29, 0.717) is 0 Å². The molecule has 0 unspecified atom stereocenters. The van der Waals surface area contributed by atoms with E-state index in [-0.39, 0.29) is 11.0 Å². The Morgan fingerprint density at radius 2 is 1.53 bits per heavy atom. The number of nitrogens with zero attached hydrogens (tertiary/aromatic N) is 1. The summed E-state index contributed by atoms with van der Waals surface area (Å²) in [5, 5.41) is 1.74. The van der Waals surface area contributed by atoms with E-state index in [2.05, 4.69) is 60.6 Å². The van der Waals surface area contributed by atoms with Crippen LogP contribution in [0.4, 0.5) is 0 Å². The van der Waals surface area contributed by atoms with Crippen molar-refractivity contribution in [3.05, 3.63) is 23.9 Å². The number of rotatable bonds is 2. The van der Waals surface area contributed by atoms with Crippen molar-refractivity contribution in [2.24, 2.45) is 11.3 Å². The average Bonchev–Trinajstić information content (AvgIpc) is 2.00. The topological polar surface area (TPSA) is 29.3 Å². The van der Waals surface area contributed by atoms with Crippen molar-refractivity contribution >= 4 is 0 Å². The molecule has 2 N–H and O–H groups in total. The molecule has 0 aromatic carbocycles. The van der Waals surface area contributed by atoms with E-state index in [1.165, 1.54) is 5.57 Å². The van der Waals surface area contributed by atoms with Gasteiger partial charge in [-0.15, -0.1) is 0 Å². The molecule has 15 heavy (non-hydrogen) atoms. The number of hydrogen-bond acceptors (Lipinski definition) is 2. The van der Waals surface area contributed by atoms with Crippen LogP contribution < -0.4 is 5.84 Å². The van der Waals surface area contributed by atoms with E-state index in [1.807, 2.05) is 6.20 Å². The Labute approximate surface area is 94.8 Å². The third-order valence-corrected chi connectivity index (χ3v) is 2.37. The third kappa shape index (κ3) is 5.03. The molecule has 0 bridgehead atoms. The molecule has 0 saturated heterocycles. The van der Waals surface area contributed by atoms with Gasteiger partial charge >= 0.3 is 0 Å². The lowest BCUT2D eigenvalue weighted by Crippen LogP contribution is -2.42. The highest BCUT2D eigenvalue weighted by Crippen LogP contribution is 2.26. The van der Waals surface area contributed by atoms with Crippen LogP contribution in [0, 0.1) is 5.41 Å². The molecule has 0 heterocycles. The summed E-state index contributed by atoms with van der Waals surface area (Å²) in [5.41, 5.74) is 1.43. The Kier molecular flexibility index (Phi) is 4.60. The summed E-state index contributed by atoms with van der Waals surface area (Å²) in [5.74, 6) is 5.92. The molecule has 0 atom stereocenters. The van der Waals surface area contributed by atoms with Crippen molar-refractivity contribution in [1.29, 1.82) is 0 Å². The highest BCUT2D eigenvalue weighted by atomic mass is 15.4. The molecule has 0 radical (unpaired) electrons. The van der Waals surface area contributed by atoms with Gasteiger partial charge < -0.3 is 5.01 Å². The van der Waals surface area contributed by atoms with E-state index in [0.717, 1.165) is 0 Å². The molecular weight excluding hydrogens is 184 g/mol. The number of nitrogens with two attached hydrogens (primary N) is 1. The molecule has 0 saturated carbocycles. The molecule has 0 aliphatic carbocycles. The van der Waals surface area contributed by atoms with Gasteiger partial charge in [0.15, 0.2) is 0 Å². The molecule has 0 fully saturated rings. The Morgan fingerprint density at radius 3 is 1.80 bits per heavy atom. The Hall–Kier alpha value is -0.760. The van der Waals surface area contributed by atoms with E-state index >= 15 is 0 Å². The molecule has 0 aliphatic heterocycles. The fourth-order valence-electron chi connectivity index (χ4n) is 1.16. The Balaban J connectivity index is 4.67. The molecule has 0 aromatic rings. The Bertz CT molecular complexity index is 249. The molecule has 2 nitrogen and oxygen atoms in total. The first-order valence-electron chi connectivity index (χ1n) is 5.48. The van der Waals surface area contributed by atoms with Crippen LogP contribution in [-0.2, 0) is 0 Å². The Morgan fingerprint density at radius 1 is 1.07 bits per heavy atom. The normalized spacial score (nSPS) is 14.8. The summed E-state index contributed by atoms with van der Waals surface area (Å²) >= 11 is 0. The second-order valence-corrected chi connectivity index (χ2v) is 5.89. The van der Waals surface area contributed by atoms with Gasteiger partial charge in [0.05, 0.1) is 0 Å². The van der Waals surface area contributed by atoms with Crippen LogP contribution in [0.2, 0.25) is 0 Å². The fourth-order valence-corrected chi connectivity index (χ4v) is 1.16. The zero-order valence-corrected chi connectivity index (χ0v) is 11.3. The summed E-state index contributed by atoms with van der Waals surface area (Å²) in [6, 6.07) is 0. The summed E-state index contributed by atoms with van der Waals surface area (Å²) < 4.78 is 0. The summed E-state index contributed by atoms with van der Waals surface area (Å²) in [7, 11) is 0. The molecule has 0 aliphatic rings. The molecule has 0 spiro atoms. The largest absolute Gasteiger partial charge is 0.313 e. The van der Waals surface area contributed by atoms with Crippen LogP contribution in [0.15, 0.2) is 23.9 Å². The second kappa shape index (κ2) is 4.84. The van der Waals surface area contributed by atoms with Crippen molar-refractivity contribution in [3.8, 4) is 0 Å². The van der Waals surface area contributed by atoms with Gasteiger partial charge in [0.2, 0.25) is 0 Å². The molecule has 0 amide bonds. The smallest absolute Gasteiger partial charge is 0.0470 e. The van der Waals surface area contributed by atoms with Gasteiger partial charge in [-0.1, -0.05) is 26.8 Å². The SMILES string of the molecule is C/C=C(\C=C/N(N)C(C)(C)C)C(C)(C)C. The first kappa shape index (κ1) is 14.2. The maximum absolute atomic E-state index is 5.92. The highest BCUT2D eigenvalue weighted by molar-refractivity contribution is 5.23. The molecule has 0 rings (SSSR count). The van der Waals surface area contributed by atoms with Crippen LogP contribution in [0.1, 0.15) is 48.5 Å². The van der Waals surface area contributed by atoms with Crippen molar-refractivity contribution in [2.45, 2.75) is 54.0 Å². The van der Waals surface area contributed by atoms with Gasteiger partial charge in [-0.3, -0.25) is 0 Å². The maximum Gasteiger partial charge on any atom is 0.0470 e. The van der Waals surface area contributed by atoms with Gasteiger partial charge in [0.25, 0.3) is 0 Å². The lowest BCUT2D eigenvalue weighted by molar-refractivity contribution is 0.210. The molecular formula is C13H26N2. The lowest BCUT2D eigenvalue weighted by atomic mass is 9.86. The maximum atomic E-state index is 5.92. The quantitative estimate of drug-likeness (QED) is 0.429. The zero-order chi connectivity index (χ0) is 12.3. The predicted octanol–water partition coefficient (Wildman–Crippen LogP) is 3.47. The second-order valence-electron chi connectivity index (χ2n) is 5.89. The molecule has 0 aromatic heterocycles. The van der Waals surface area contributed by atoms with Crippen LogP contribution in [0.3, 0.4) is 0 Å². The summed E-state index contributed by atoms with van der Waals surface area (Å²) in [6.07, 6.45) is 6.17. The minimum Gasteiger partial charge on any atom is -0.313 e. The van der Waals surface area contributed by atoms with E-state index in [4.69, 9.17) is 5.84 Å². The van der Waals surface area contributed by atoms with Crippen molar-refractivity contribution in [2.75, 3.05) is 0 Å². The van der Waals surface area contributed by atoms with Gasteiger partial charge in [0, 0.05) is 11.7 Å². The van der Waals surface area contributed by atoms with Crippen LogP contribution in [0.25, 0.3) is 0 Å². The number of allylic oxidation sites excluding steroid dienone is 3. The van der Waals surface area contributed by atoms with Crippen molar-refractivity contribution in [1.82, 2.24) is 5.01 Å². The number of hydrogen-bond donors (Lipinski definition) is 1. The van der Waals surface area contributed by atoms with E-state index in [1.54, 1.807) is 5.01 Å². The molecule has 2 heteroatoms. The van der Waals surface area contributed by atoms with E-state index < -0.39 is 0 Å². The van der Waals surface area contributed by atoms with E-state index in [9.17, 15) is 0 Å². The van der Waals surface area contributed by atoms with Crippen LogP contribution >= 0.6 is 0 Å². The monoisotopic (exact) mass is 210 g/mol. The van der Waals surface area contributed by atoms with Crippen LogP contribution in [0.5, 0.6) is 0 Å². The fraction of sp³-hybridized carbons (Fsp3) is 0.692. The van der Waals surface area contributed by atoms with Crippen LogP contribution in [-0.4, -0.2) is 10.5 Å². The first-order valence-corrected chi connectivity index (χ1v) is 5.48. The minimum atomic E-state index is -0.0345. The van der Waals surface area contributed by atoms with Crippen molar-refractivity contribution < 1.29 is 0 Å². The minimum absolute atomic E-state index is 0.0345. The van der Waals surface area contributed by atoms with Gasteiger partial charge in [-0.2, -0.15) is 0 Å². The van der Waals surface area contributed by atoms with Gasteiger partial charge in [-0.05, 0) is 44.8 Å². The third-order valence-electron chi connectivity index (χ3n) is 2.37. The van der Waals surface area contributed by atoms with Gasteiger partial charge in [0.1, 0.15) is 0 Å². The predicted molar refractivity (Wildman–Crippen MR) is 68.1 cm³/mol. The summed E-state index contributed by atoms with van der Waals surface area (Å²) in [6.45, 7) is 14.9. The van der Waals surface area contributed by atoms with Gasteiger partial charge in [-0.25, -0.2) is 5.84 Å². The lowest BCUT2D eigenvalue weighted by Gasteiger charge is -2.30. The standard InChI is InChI=1S/C13H26N2/c1-8-11(12(2,3)4)9-10-15(14)13(5,6)7/h8-10H,14H2,1-7H3/b10-9-,11-8+. The highest BCUT2D eigenvalue weighted by Gasteiger charge is 2.16.